The van der Waals surface area contributed by atoms with Gasteiger partial charge in [-0.15, -0.1) is 0 Å². The predicted octanol–water partition coefficient (Wildman–Crippen LogP) is 2.45. The fraction of sp³-hybridized carbons (Fsp3) is 0.579. The highest BCUT2D eigenvalue weighted by Crippen LogP contribution is 2.27. The quantitative estimate of drug-likeness (QED) is 0.717. The lowest BCUT2D eigenvalue weighted by Crippen LogP contribution is -2.40. The summed E-state index contributed by atoms with van der Waals surface area (Å²) in [5, 5.41) is 5.76. The van der Waals surface area contributed by atoms with E-state index in [4.69, 9.17) is 9.47 Å². The average Bonchev–Trinajstić information content (AvgIpc) is 2.53. The first-order valence-corrected chi connectivity index (χ1v) is 8.54. The molecule has 25 heavy (non-hydrogen) atoms. The van der Waals surface area contributed by atoms with Gasteiger partial charge in [0.05, 0.1) is 14.2 Å². The second-order valence-electron chi connectivity index (χ2n) is 6.94. The highest BCUT2D eigenvalue weighted by molar-refractivity contribution is 5.79. The second-order valence-corrected chi connectivity index (χ2v) is 6.94. The molecule has 6 heteroatoms. The minimum Gasteiger partial charge on any atom is -0.493 e. The van der Waals surface area contributed by atoms with E-state index in [1.54, 1.807) is 14.2 Å². The highest BCUT2D eigenvalue weighted by Gasteiger charge is 2.13. The van der Waals surface area contributed by atoms with Gasteiger partial charge in [-0.25, -0.2) is 0 Å². The summed E-state index contributed by atoms with van der Waals surface area (Å²) in [5.74, 6) is 1.30. The molecule has 0 aliphatic carbocycles. The van der Waals surface area contributed by atoms with Crippen molar-refractivity contribution in [3.63, 3.8) is 0 Å². The summed E-state index contributed by atoms with van der Waals surface area (Å²) in [7, 11) is 3.19. The van der Waals surface area contributed by atoms with Crippen LogP contribution in [0.25, 0.3) is 0 Å². The summed E-state index contributed by atoms with van der Waals surface area (Å²) in [6, 6.07) is 5.70. The summed E-state index contributed by atoms with van der Waals surface area (Å²) >= 11 is 0. The SMILES string of the molecule is COc1ccc(CCNC(=O)CCCC(=O)NC(C)(C)C)cc1OC. The molecule has 0 saturated heterocycles. The van der Waals surface area contributed by atoms with Crippen molar-refractivity contribution in [3.8, 4) is 11.5 Å². The predicted molar refractivity (Wildman–Crippen MR) is 98.0 cm³/mol. The van der Waals surface area contributed by atoms with Crippen LogP contribution in [-0.2, 0) is 16.0 Å². The van der Waals surface area contributed by atoms with Crippen LogP contribution in [0.2, 0.25) is 0 Å². The van der Waals surface area contributed by atoms with Crippen LogP contribution < -0.4 is 20.1 Å². The number of ether oxygens (including phenoxy) is 2. The Kier molecular flexibility index (Phi) is 8.25. The number of hydrogen-bond acceptors (Lipinski definition) is 4. The first-order chi connectivity index (χ1) is 11.7. The Morgan fingerprint density at radius 1 is 1.00 bits per heavy atom. The molecule has 0 fully saturated rings. The van der Waals surface area contributed by atoms with E-state index in [-0.39, 0.29) is 17.4 Å². The molecule has 0 aliphatic heterocycles. The maximum absolute atomic E-state index is 11.8. The summed E-state index contributed by atoms with van der Waals surface area (Å²) in [6.07, 6.45) is 1.96. The first kappa shape index (κ1) is 20.8. The van der Waals surface area contributed by atoms with E-state index in [0.717, 1.165) is 5.56 Å². The Labute approximate surface area is 150 Å². The fourth-order valence-electron chi connectivity index (χ4n) is 2.36. The molecule has 0 spiro atoms. The molecule has 1 rings (SSSR count). The number of methoxy groups -OCH3 is 2. The molecule has 0 heterocycles. The van der Waals surface area contributed by atoms with Crippen LogP contribution >= 0.6 is 0 Å². The lowest BCUT2D eigenvalue weighted by molar-refractivity contribution is -0.123. The van der Waals surface area contributed by atoms with Crippen LogP contribution in [0.5, 0.6) is 11.5 Å². The molecule has 0 unspecified atom stereocenters. The zero-order chi connectivity index (χ0) is 18.9. The van der Waals surface area contributed by atoms with Crippen molar-refractivity contribution in [3.05, 3.63) is 23.8 Å². The number of hydrogen-bond donors (Lipinski definition) is 2. The van der Waals surface area contributed by atoms with Crippen molar-refractivity contribution in [2.75, 3.05) is 20.8 Å². The maximum Gasteiger partial charge on any atom is 0.220 e. The third kappa shape index (κ3) is 8.42. The Hall–Kier alpha value is -2.24. The van der Waals surface area contributed by atoms with E-state index >= 15 is 0 Å². The van der Waals surface area contributed by atoms with Gasteiger partial charge in [0.25, 0.3) is 0 Å². The molecule has 0 aliphatic rings. The number of carbonyl (C=O) groups is 2. The second kappa shape index (κ2) is 9.91. The van der Waals surface area contributed by atoms with Gasteiger partial charge in [-0.2, -0.15) is 0 Å². The highest BCUT2D eigenvalue weighted by atomic mass is 16.5. The topological polar surface area (TPSA) is 76.7 Å². The van der Waals surface area contributed by atoms with Crippen molar-refractivity contribution in [1.82, 2.24) is 10.6 Å². The maximum atomic E-state index is 11.8. The average molecular weight is 350 g/mol. The first-order valence-electron chi connectivity index (χ1n) is 8.54. The summed E-state index contributed by atoms with van der Waals surface area (Å²) < 4.78 is 10.5. The summed E-state index contributed by atoms with van der Waals surface area (Å²) in [4.78, 5) is 23.5. The minimum absolute atomic E-state index is 0.0226. The normalized spacial score (nSPS) is 10.9. The van der Waals surface area contributed by atoms with Gasteiger partial charge in [0.1, 0.15) is 0 Å². The van der Waals surface area contributed by atoms with Crippen molar-refractivity contribution in [2.24, 2.45) is 0 Å². The summed E-state index contributed by atoms with van der Waals surface area (Å²) in [6.45, 7) is 6.35. The third-order valence-electron chi connectivity index (χ3n) is 3.51. The van der Waals surface area contributed by atoms with E-state index in [0.29, 0.717) is 43.7 Å². The fourth-order valence-corrected chi connectivity index (χ4v) is 2.36. The van der Waals surface area contributed by atoms with Crippen molar-refractivity contribution >= 4 is 11.8 Å². The van der Waals surface area contributed by atoms with Crippen LogP contribution in [0.1, 0.15) is 45.6 Å². The van der Waals surface area contributed by atoms with Crippen molar-refractivity contribution < 1.29 is 19.1 Å². The number of amides is 2. The molecule has 6 nitrogen and oxygen atoms in total. The monoisotopic (exact) mass is 350 g/mol. The van der Waals surface area contributed by atoms with Crippen LogP contribution in [0.15, 0.2) is 18.2 Å². The van der Waals surface area contributed by atoms with Gasteiger partial charge in [-0.1, -0.05) is 6.07 Å². The number of carbonyl (C=O) groups excluding carboxylic acids is 2. The standard InChI is InChI=1S/C19H30N2O4/c1-19(2,3)21-18(23)8-6-7-17(22)20-12-11-14-9-10-15(24-4)16(13-14)25-5/h9-10,13H,6-8,11-12H2,1-5H3,(H,20,22)(H,21,23). The number of rotatable bonds is 9. The van der Waals surface area contributed by atoms with Gasteiger partial charge in [0.15, 0.2) is 11.5 Å². The molecule has 140 valence electrons. The Balaban J connectivity index is 2.28. The van der Waals surface area contributed by atoms with Gasteiger partial charge in [-0.05, 0) is 51.3 Å². The molecule has 0 radical (unpaired) electrons. The summed E-state index contributed by atoms with van der Waals surface area (Å²) in [5.41, 5.74) is 0.821. The van der Waals surface area contributed by atoms with Crippen LogP contribution in [0, 0.1) is 0 Å². The van der Waals surface area contributed by atoms with E-state index in [2.05, 4.69) is 10.6 Å². The number of nitrogens with one attached hydrogen (secondary N) is 2. The van der Waals surface area contributed by atoms with Crippen molar-refractivity contribution in [1.29, 1.82) is 0 Å². The zero-order valence-electron chi connectivity index (χ0n) is 15.9. The molecular weight excluding hydrogens is 320 g/mol. The molecule has 1 aromatic carbocycles. The Morgan fingerprint density at radius 2 is 1.64 bits per heavy atom. The van der Waals surface area contributed by atoms with Crippen LogP contribution in [-0.4, -0.2) is 38.1 Å². The van der Waals surface area contributed by atoms with Crippen molar-refractivity contribution in [2.45, 2.75) is 52.0 Å². The lowest BCUT2D eigenvalue weighted by atomic mass is 10.1. The molecule has 0 aromatic heterocycles. The van der Waals surface area contributed by atoms with Gasteiger partial charge in [0.2, 0.25) is 11.8 Å². The van der Waals surface area contributed by atoms with Gasteiger partial charge in [0, 0.05) is 24.9 Å². The van der Waals surface area contributed by atoms with Crippen LogP contribution in [0.4, 0.5) is 0 Å². The largest absolute Gasteiger partial charge is 0.493 e. The van der Waals surface area contributed by atoms with E-state index in [1.807, 2.05) is 39.0 Å². The lowest BCUT2D eigenvalue weighted by Gasteiger charge is -2.20. The third-order valence-corrected chi connectivity index (χ3v) is 3.51. The molecule has 0 saturated carbocycles. The molecule has 1 aromatic rings. The zero-order valence-corrected chi connectivity index (χ0v) is 15.9. The van der Waals surface area contributed by atoms with E-state index in [9.17, 15) is 9.59 Å². The van der Waals surface area contributed by atoms with Gasteiger partial charge in [-0.3, -0.25) is 9.59 Å². The van der Waals surface area contributed by atoms with E-state index in [1.165, 1.54) is 0 Å². The smallest absolute Gasteiger partial charge is 0.220 e. The van der Waals surface area contributed by atoms with Gasteiger partial charge < -0.3 is 20.1 Å². The molecule has 2 amide bonds. The van der Waals surface area contributed by atoms with Crippen LogP contribution in [0.3, 0.4) is 0 Å². The molecule has 0 atom stereocenters. The Bertz CT molecular complexity index is 579. The minimum atomic E-state index is -0.237. The molecule has 0 bridgehead atoms. The van der Waals surface area contributed by atoms with Gasteiger partial charge >= 0.3 is 0 Å². The van der Waals surface area contributed by atoms with E-state index < -0.39 is 0 Å². The molecular formula is C19H30N2O4. The molecule has 2 N–H and O–H groups in total. The Morgan fingerprint density at radius 3 is 2.24 bits per heavy atom. The number of benzene rings is 1.